The zero-order chi connectivity index (χ0) is 28.8. The minimum atomic E-state index is -0.340. The Morgan fingerprint density at radius 1 is 1.30 bits per heavy atom. The number of likely N-dealkylation sites (tertiary alicyclic amines) is 1. The summed E-state index contributed by atoms with van der Waals surface area (Å²) in [4.78, 5) is 20.8. The summed E-state index contributed by atoms with van der Waals surface area (Å²) >= 11 is 0. The predicted octanol–water partition coefficient (Wildman–Crippen LogP) is 4.89. The number of epoxide rings is 2. The molecule has 8 atom stereocenters. The number of hydrogen-bond acceptors (Lipinski definition) is 7. The largest absolute Gasteiger partial charge is 0.460 e. The fraction of sp³-hybridized carbons (Fsp3) is 0.812. The first-order valence-electron chi connectivity index (χ1n) is 15.4. The molecule has 3 saturated heterocycles. The number of methoxy groups -OCH3 is 1. The minimum absolute atomic E-state index is 0.00919. The third-order valence-electron chi connectivity index (χ3n) is 10.0. The number of nitrogens with zero attached hydrogens (tertiary/aromatic N) is 3. The number of carbonyl (C=O) groups is 1. The van der Waals surface area contributed by atoms with Crippen molar-refractivity contribution in [2.75, 3.05) is 33.9 Å². The highest BCUT2D eigenvalue weighted by Gasteiger charge is 2.72. The first kappa shape index (κ1) is 29.7. The van der Waals surface area contributed by atoms with Crippen LogP contribution in [0.4, 0.5) is 0 Å². The average Bonchev–Trinajstić information content (AvgIpc) is 3.71. The molecule has 1 aromatic rings. The molecule has 0 N–H and O–H groups in total. The highest BCUT2D eigenvalue weighted by molar-refractivity contribution is 5.70. The number of rotatable bonds is 11. The Balaban J connectivity index is 1.25. The van der Waals surface area contributed by atoms with Gasteiger partial charge in [-0.25, -0.2) is 4.98 Å². The number of hydrogen-bond donors (Lipinski definition) is 0. The van der Waals surface area contributed by atoms with Crippen LogP contribution in [-0.2, 0) is 30.3 Å². The van der Waals surface area contributed by atoms with Gasteiger partial charge in [0.25, 0.3) is 0 Å². The number of aryl methyl sites for hydroxylation is 1. The Kier molecular flexibility index (Phi) is 8.55. The van der Waals surface area contributed by atoms with Gasteiger partial charge in [-0.15, -0.1) is 0 Å². The number of imidazole rings is 1. The fourth-order valence-corrected chi connectivity index (χ4v) is 7.50. The molecule has 1 aliphatic carbocycles. The van der Waals surface area contributed by atoms with Crippen molar-refractivity contribution < 1.29 is 23.7 Å². The molecule has 0 amide bonds. The normalized spacial score (nSPS) is 36.2. The van der Waals surface area contributed by atoms with Crippen LogP contribution in [0.15, 0.2) is 17.8 Å². The predicted molar refractivity (Wildman–Crippen MR) is 154 cm³/mol. The van der Waals surface area contributed by atoms with E-state index in [1.807, 2.05) is 0 Å². The first-order chi connectivity index (χ1) is 19.0. The van der Waals surface area contributed by atoms with Gasteiger partial charge >= 0.3 is 5.97 Å². The van der Waals surface area contributed by atoms with Gasteiger partial charge in [-0.1, -0.05) is 25.5 Å². The second-order valence-electron chi connectivity index (χ2n) is 13.7. The van der Waals surface area contributed by atoms with E-state index in [2.05, 4.69) is 70.3 Å². The topological polar surface area (TPSA) is 81.7 Å². The third-order valence-corrected chi connectivity index (χ3v) is 10.0. The van der Waals surface area contributed by atoms with Gasteiger partial charge in [0.15, 0.2) is 0 Å². The van der Waals surface area contributed by atoms with Crippen LogP contribution in [0, 0.1) is 24.7 Å². The van der Waals surface area contributed by atoms with Crippen LogP contribution in [0.5, 0.6) is 0 Å². The first-order valence-corrected chi connectivity index (χ1v) is 15.4. The molecule has 224 valence electrons. The van der Waals surface area contributed by atoms with E-state index in [-0.39, 0.29) is 53.2 Å². The van der Waals surface area contributed by atoms with Crippen molar-refractivity contribution in [2.45, 2.75) is 116 Å². The molecule has 5 rings (SSSR count). The van der Waals surface area contributed by atoms with Gasteiger partial charge in [-0.3, -0.25) is 4.79 Å². The summed E-state index contributed by atoms with van der Waals surface area (Å²) in [5.74, 6) is 1.80. The summed E-state index contributed by atoms with van der Waals surface area (Å²) in [5, 5.41) is 0. The highest BCUT2D eigenvalue weighted by atomic mass is 16.6. The van der Waals surface area contributed by atoms with Crippen molar-refractivity contribution in [3.8, 4) is 0 Å². The van der Waals surface area contributed by atoms with E-state index in [1.54, 1.807) is 7.11 Å². The number of ether oxygens (including phenoxy) is 4. The maximum absolute atomic E-state index is 13.5. The number of aromatic nitrogens is 2. The summed E-state index contributed by atoms with van der Waals surface area (Å²) in [7, 11) is 3.92. The fourth-order valence-electron chi connectivity index (χ4n) is 7.50. The molecule has 3 aliphatic heterocycles. The summed E-state index contributed by atoms with van der Waals surface area (Å²) in [6.45, 7) is 16.8. The molecular weight excluding hydrogens is 506 g/mol. The van der Waals surface area contributed by atoms with Crippen LogP contribution >= 0.6 is 0 Å². The van der Waals surface area contributed by atoms with Crippen molar-refractivity contribution in [3.63, 3.8) is 0 Å². The van der Waals surface area contributed by atoms with E-state index in [0.717, 1.165) is 57.0 Å². The highest BCUT2D eigenvalue weighted by Crippen LogP contribution is 2.59. The maximum atomic E-state index is 13.5. The lowest BCUT2D eigenvalue weighted by molar-refractivity contribution is -0.172. The Morgan fingerprint density at radius 3 is 2.65 bits per heavy atom. The Labute approximate surface area is 240 Å². The smallest absolute Gasteiger partial charge is 0.306 e. The summed E-state index contributed by atoms with van der Waals surface area (Å²) in [6.07, 6.45) is 7.99. The van der Waals surface area contributed by atoms with Crippen molar-refractivity contribution in [1.82, 2.24) is 14.5 Å². The lowest BCUT2D eigenvalue weighted by atomic mass is 9.68. The van der Waals surface area contributed by atoms with Crippen LogP contribution in [0.25, 0.3) is 0 Å². The Morgan fingerprint density at radius 2 is 2.05 bits per heavy atom. The molecule has 1 aromatic heterocycles. The van der Waals surface area contributed by atoms with E-state index in [4.69, 9.17) is 23.9 Å². The van der Waals surface area contributed by atoms with Crippen LogP contribution in [0.2, 0.25) is 0 Å². The van der Waals surface area contributed by atoms with Gasteiger partial charge in [0, 0.05) is 32.3 Å². The third kappa shape index (κ3) is 6.06. The molecule has 0 aromatic carbocycles. The molecule has 4 fully saturated rings. The van der Waals surface area contributed by atoms with Crippen molar-refractivity contribution in [1.29, 1.82) is 0 Å². The maximum Gasteiger partial charge on any atom is 0.306 e. The molecular formula is C32H51N3O5. The van der Waals surface area contributed by atoms with E-state index < -0.39 is 0 Å². The quantitative estimate of drug-likeness (QED) is 0.218. The monoisotopic (exact) mass is 557 g/mol. The molecule has 0 bridgehead atoms. The zero-order valence-electron chi connectivity index (χ0n) is 25.9. The number of allylic oxidation sites excluding steroid dienone is 1. The second kappa shape index (κ2) is 11.5. The van der Waals surface area contributed by atoms with Gasteiger partial charge in [0.2, 0.25) is 0 Å². The van der Waals surface area contributed by atoms with Gasteiger partial charge < -0.3 is 28.4 Å². The van der Waals surface area contributed by atoms with Crippen molar-refractivity contribution in [3.05, 3.63) is 29.4 Å². The SMILES string of the molecule is CO[C@@H]1[C@H](OC(=O)C[C@H](c2cn(C[C@H]3CCN(C)C3)c(C)n2)C(C)C)CC[C@]2(CO2)[C@H]1[C@@]1(C)O[C@@H]1CC=C(C)C. The minimum Gasteiger partial charge on any atom is -0.460 e. The van der Waals surface area contributed by atoms with Crippen molar-refractivity contribution in [2.24, 2.45) is 17.8 Å². The van der Waals surface area contributed by atoms with Crippen molar-refractivity contribution >= 4 is 5.97 Å². The van der Waals surface area contributed by atoms with E-state index in [1.165, 1.54) is 12.0 Å². The van der Waals surface area contributed by atoms with Gasteiger partial charge in [0.05, 0.1) is 30.7 Å². The van der Waals surface area contributed by atoms with Crippen LogP contribution in [-0.4, -0.2) is 83.8 Å². The Hall–Kier alpha value is -1.74. The summed E-state index contributed by atoms with van der Waals surface area (Å²) in [5.41, 5.74) is 1.72. The average molecular weight is 558 g/mol. The number of esters is 1. The molecule has 40 heavy (non-hydrogen) atoms. The molecule has 0 radical (unpaired) electrons. The van der Waals surface area contributed by atoms with Crippen LogP contribution < -0.4 is 0 Å². The summed E-state index contributed by atoms with van der Waals surface area (Å²) < 4.78 is 27.0. The lowest BCUT2D eigenvalue weighted by Gasteiger charge is -2.42. The van der Waals surface area contributed by atoms with E-state index in [0.29, 0.717) is 12.3 Å². The Bertz CT molecular complexity index is 1090. The molecule has 1 saturated carbocycles. The van der Waals surface area contributed by atoms with Crippen LogP contribution in [0.3, 0.4) is 0 Å². The van der Waals surface area contributed by atoms with E-state index in [9.17, 15) is 4.79 Å². The lowest BCUT2D eigenvalue weighted by Crippen LogP contribution is -2.55. The van der Waals surface area contributed by atoms with Gasteiger partial charge in [-0.05, 0) is 78.8 Å². The number of carbonyl (C=O) groups excluding carboxylic acids is 1. The molecule has 0 unspecified atom stereocenters. The summed E-state index contributed by atoms with van der Waals surface area (Å²) in [6, 6.07) is 0. The van der Waals surface area contributed by atoms with E-state index >= 15 is 0 Å². The molecule has 1 spiro atoms. The zero-order valence-corrected chi connectivity index (χ0v) is 25.9. The molecule has 4 aliphatic rings. The van der Waals surface area contributed by atoms with Gasteiger partial charge in [0.1, 0.15) is 29.2 Å². The molecule has 8 heteroatoms. The standard InChI is InChI=1S/C32H51N3O5/c1-20(2)9-10-27-31(6,40-27)30-29(37-8)26(11-13-32(30)19-38-32)39-28(36)15-24(21(3)4)25-18-35(22(5)33-25)17-23-12-14-34(7)16-23/h9,18,21,23-24,26-27,29-30H,10-17,19H2,1-8H3/t23-,24-,26+,27+,29+,30+,31-,32-/m0/s1. The molecule has 8 nitrogen and oxygen atoms in total. The van der Waals surface area contributed by atoms with Crippen LogP contribution in [0.1, 0.15) is 84.2 Å². The molecule has 4 heterocycles. The second-order valence-corrected chi connectivity index (χ2v) is 13.7. The van der Waals surface area contributed by atoms with Gasteiger partial charge in [-0.2, -0.15) is 0 Å².